The second-order valence-corrected chi connectivity index (χ2v) is 9.98. The highest BCUT2D eigenvalue weighted by Crippen LogP contribution is 2.36. The molecule has 154 valence electrons. The Kier molecular flexibility index (Phi) is 5.59. The quantitative estimate of drug-likeness (QED) is 0.635. The van der Waals surface area contributed by atoms with Gasteiger partial charge in [-0.25, -0.2) is 0 Å². The molecule has 0 spiro atoms. The first-order chi connectivity index (χ1) is 14.2. The van der Waals surface area contributed by atoms with Crippen LogP contribution in [-0.2, 0) is 6.54 Å². The fraction of sp³-hybridized carbons (Fsp3) is 0.520. The van der Waals surface area contributed by atoms with Gasteiger partial charge >= 0.3 is 0 Å². The molecule has 0 aromatic heterocycles. The lowest BCUT2D eigenvalue weighted by Gasteiger charge is -2.47. The maximum atomic E-state index is 6.21. The molecule has 2 heterocycles. The first-order valence-corrected chi connectivity index (χ1v) is 12.2. The summed E-state index contributed by atoms with van der Waals surface area (Å²) in [6.45, 7) is 5.39. The van der Waals surface area contributed by atoms with E-state index in [0.717, 1.165) is 31.5 Å². The third-order valence-corrected chi connectivity index (χ3v) is 7.75. The van der Waals surface area contributed by atoms with Gasteiger partial charge in [-0.1, -0.05) is 24.6 Å². The first kappa shape index (κ1) is 19.5. The van der Waals surface area contributed by atoms with Crippen molar-refractivity contribution >= 4 is 11.8 Å². The fourth-order valence-electron chi connectivity index (χ4n) is 5.01. The summed E-state index contributed by atoms with van der Waals surface area (Å²) in [6, 6.07) is 16.8. The van der Waals surface area contributed by atoms with Crippen LogP contribution in [0.1, 0.15) is 41.9 Å². The van der Waals surface area contributed by atoms with Crippen molar-refractivity contribution in [1.82, 2.24) is 9.80 Å². The number of thioether (sulfide) groups is 1. The number of ether oxygens (including phenoxy) is 1. The summed E-state index contributed by atoms with van der Waals surface area (Å²) in [5.74, 6) is 2.19. The van der Waals surface area contributed by atoms with Crippen molar-refractivity contribution < 1.29 is 4.74 Å². The van der Waals surface area contributed by atoms with E-state index >= 15 is 0 Å². The molecule has 2 aliphatic heterocycles. The molecule has 0 radical (unpaired) electrons. The van der Waals surface area contributed by atoms with E-state index in [0.29, 0.717) is 11.8 Å². The molecule has 2 aromatic carbocycles. The Morgan fingerprint density at radius 2 is 1.83 bits per heavy atom. The summed E-state index contributed by atoms with van der Waals surface area (Å²) >= 11 is 1.80. The van der Waals surface area contributed by atoms with E-state index < -0.39 is 0 Å². The summed E-state index contributed by atoms with van der Waals surface area (Å²) in [6.07, 6.45) is 6.38. The highest BCUT2D eigenvalue weighted by molar-refractivity contribution is 7.98. The van der Waals surface area contributed by atoms with Crippen molar-refractivity contribution in [1.29, 1.82) is 0 Å². The number of likely N-dealkylation sites (N-methyl/N-ethyl adjacent to an activating group) is 1. The smallest absolute Gasteiger partial charge is 0.119 e. The number of likely N-dealkylation sites (tertiary alicyclic amines) is 1. The molecule has 2 fully saturated rings. The Morgan fingerprint density at radius 3 is 2.52 bits per heavy atom. The molecule has 1 saturated carbocycles. The lowest BCUT2D eigenvalue weighted by atomic mass is 9.85. The Bertz CT molecular complexity index is 842. The third kappa shape index (κ3) is 4.08. The average Bonchev–Trinajstić information content (AvgIpc) is 2.67. The zero-order valence-electron chi connectivity index (χ0n) is 17.6. The van der Waals surface area contributed by atoms with Crippen LogP contribution < -0.4 is 4.74 Å². The van der Waals surface area contributed by atoms with Crippen LogP contribution in [0.15, 0.2) is 47.4 Å². The molecule has 29 heavy (non-hydrogen) atoms. The number of nitrogens with zero attached hydrogens (tertiary/aromatic N) is 2. The first-order valence-electron chi connectivity index (χ1n) is 11.0. The lowest BCUT2D eigenvalue weighted by Crippen LogP contribution is -2.55. The predicted octanol–water partition coefficient (Wildman–Crippen LogP) is 4.85. The van der Waals surface area contributed by atoms with Gasteiger partial charge in [0.25, 0.3) is 0 Å². The molecule has 2 aromatic rings. The summed E-state index contributed by atoms with van der Waals surface area (Å²) in [4.78, 5) is 6.40. The van der Waals surface area contributed by atoms with Crippen LogP contribution in [0.3, 0.4) is 0 Å². The van der Waals surface area contributed by atoms with E-state index in [-0.39, 0.29) is 0 Å². The highest BCUT2D eigenvalue weighted by atomic mass is 32.2. The van der Waals surface area contributed by atoms with Gasteiger partial charge in [0.05, 0.1) is 6.61 Å². The molecule has 0 amide bonds. The highest BCUT2D eigenvalue weighted by Gasteiger charge is 2.35. The standard InChI is InChI=1S/C25H32N2OS/c1-26-15-20-12-22(28-17-18-13-27(14-18)21-4-3-5-21)8-11-24(20)25(16-26)19-6-9-23(29-2)10-7-19/h6-12,18,21,25H,3-5,13-17H2,1-2H3. The molecule has 1 saturated heterocycles. The van der Waals surface area contributed by atoms with Gasteiger partial charge in [-0.3, -0.25) is 4.90 Å². The molecule has 3 aliphatic rings. The van der Waals surface area contributed by atoms with Crippen molar-refractivity contribution in [3.8, 4) is 5.75 Å². The van der Waals surface area contributed by atoms with Crippen molar-refractivity contribution in [3.63, 3.8) is 0 Å². The molecule has 3 nitrogen and oxygen atoms in total. The maximum Gasteiger partial charge on any atom is 0.119 e. The van der Waals surface area contributed by atoms with Crippen LogP contribution in [-0.4, -0.2) is 55.4 Å². The zero-order chi connectivity index (χ0) is 19.8. The van der Waals surface area contributed by atoms with Gasteiger partial charge in [0.15, 0.2) is 0 Å². The van der Waals surface area contributed by atoms with Gasteiger partial charge < -0.3 is 9.64 Å². The van der Waals surface area contributed by atoms with E-state index in [4.69, 9.17) is 4.74 Å². The topological polar surface area (TPSA) is 15.7 Å². The molecule has 1 unspecified atom stereocenters. The van der Waals surface area contributed by atoms with E-state index in [1.54, 1.807) is 11.8 Å². The molecular formula is C25H32N2OS. The van der Waals surface area contributed by atoms with Crippen molar-refractivity contribution in [2.75, 3.05) is 39.5 Å². The summed E-state index contributed by atoms with van der Waals surface area (Å²) in [7, 11) is 2.23. The zero-order valence-corrected chi connectivity index (χ0v) is 18.5. The number of rotatable bonds is 6. The molecule has 5 rings (SSSR count). The second kappa shape index (κ2) is 8.33. The van der Waals surface area contributed by atoms with Crippen LogP contribution in [0, 0.1) is 5.92 Å². The van der Waals surface area contributed by atoms with Gasteiger partial charge in [0.2, 0.25) is 0 Å². The Hall–Kier alpha value is -1.49. The number of hydrogen-bond acceptors (Lipinski definition) is 4. The number of benzene rings is 2. The van der Waals surface area contributed by atoms with Crippen LogP contribution in [0.5, 0.6) is 5.75 Å². The predicted molar refractivity (Wildman–Crippen MR) is 121 cm³/mol. The number of fused-ring (bicyclic) bond motifs is 1. The second-order valence-electron chi connectivity index (χ2n) is 9.10. The van der Waals surface area contributed by atoms with Gasteiger partial charge in [-0.05, 0) is 67.1 Å². The van der Waals surface area contributed by atoms with E-state index in [1.165, 1.54) is 53.9 Å². The molecular weight excluding hydrogens is 376 g/mol. The average molecular weight is 409 g/mol. The van der Waals surface area contributed by atoms with Crippen LogP contribution >= 0.6 is 11.8 Å². The van der Waals surface area contributed by atoms with Crippen LogP contribution in [0.2, 0.25) is 0 Å². The molecule has 4 heteroatoms. The van der Waals surface area contributed by atoms with Crippen molar-refractivity contribution in [2.24, 2.45) is 5.92 Å². The fourth-order valence-corrected chi connectivity index (χ4v) is 5.42. The molecule has 1 atom stereocenters. The van der Waals surface area contributed by atoms with Gasteiger partial charge in [0, 0.05) is 49.0 Å². The summed E-state index contributed by atoms with van der Waals surface area (Å²) < 4.78 is 6.21. The molecule has 0 N–H and O–H groups in total. The summed E-state index contributed by atoms with van der Waals surface area (Å²) in [5, 5.41) is 0. The monoisotopic (exact) mass is 408 g/mol. The maximum absolute atomic E-state index is 6.21. The van der Waals surface area contributed by atoms with Gasteiger partial charge in [-0.2, -0.15) is 0 Å². The minimum Gasteiger partial charge on any atom is -0.493 e. The van der Waals surface area contributed by atoms with Gasteiger partial charge in [-0.15, -0.1) is 11.8 Å². The number of hydrogen-bond donors (Lipinski definition) is 0. The summed E-state index contributed by atoms with van der Waals surface area (Å²) in [5.41, 5.74) is 4.29. The lowest BCUT2D eigenvalue weighted by molar-refractivity contribution is -0.00245. The van der Waals surface area contributed by atoms with E-state index in [2.05, 4.69) is 65.6 Å². The van der Waals surface area contributed by atoms with Crippen LogP contribution in [0.4, 0.5) is 0 Å². The third-order valence-electron chi connectivity index (χ3n) is 7.00. The Labute approximate surface area is 179 Å². The normalized spacial score (nSPS) is 23.3. The largest absolute Gasteiger partial charge is 0.493 e. The van der Waals surface area contributed by atoms with E-state index in [9.17, 15) is 0 Å². The molecule has 1 aliphatic carbocycles. The minimum absolute atomic E-state index is 0.441. The Morgan fingerprint density at radius 1 is 1.03 bits per heavy atom. The minimum atomic E-state index is 0.441. The van der Waals surface area contributed by atoms with E-state index in [1.807, 2.05) is 0 Å². The molecule has 0 bridgehead atoms. The van der Waals surface area contributed by atoms with Crippen molar-refractivity contribution in [3.05, 3.63) is 59.2 Å². The van der Waals surface area contributed by atoms with Gasteiger partial charge in [0.1, 0.15) is 5.75 Å². The van der Waals surface area contributed by atoms with Crippen LogP contribution in [0.25, 0.3) is 0 Å². The SMILES string of the molecule is CSc1ccc(C2CN(C)Cc3cc(OCC4CN(C5CCC5)C4)ccc32)cc1. The Balaban J connectivity index is 1.25. The van der Waals surface area contributed by atoms with Crippen molar-refractivity contribution in [2.45, 2.75) is 42.7 Å².